The van der Waals surface area contributed by atoms with Crippen LogP contribution >= 0.6 is 12.4 Å². The zero-order chi connectivity index (χ0) is 18.9. The molecular weight excluding hydrogens is 374 g/mol. The minimum atomic E-state index is -3.73. The van der Waals surface area contributed by atoms with Crippen LogP contribution in [0.4, 0.5) is 0 Å². The second kappa shape index (κ2) is 8.69. The van der Waals surface area contributed by atoms with Crippen LogP contribution in [0.25, 0.3) is 0 Å². The molecule has 148 valence electrons. The first-order valence-electron chi connectivity index (χ1n) is 8.60. The molecule has 0 unspecified atom stereocenters. The van der Waals surface area contributed by atoms with Crippen molar-refractivity contribution in [3.8, 4) is 0 Å². The molecule has 1 amide bonds. The molecular formula is C18H30ClN3O3S. The van der Waals surface area contributed by atoms with Crippen LogP contribution in [-0.2, 0) is 14.8 Å². The normalized spacial score (nSPS) is 15.1. The number of benzene rings is 1. The van der Waals surface area contributed by atoms with E-state index >= 15 is 0 Å². The average molecular weight is 404 g/mol. The van der Waals surface area contributed by atoms with Crippen molar-refractivity contribution < 1.29 is 13.2 Å². The monoisotopic (exact) mass is 403 g/mol. The predicted octanol–water partition coefficient (Wildman–Crippen LogP) is 1.70. The summed E-state index contributed by atoms with van der Waals surface area (Å²) in [6, 6.07) is 0. The zero-order valence-corrected chi connectivity index (χ0v) is 18.1. The van der Waals surface area contributed by atoms with Gasteiger partial charge in [-0.1, -0.05) is 0 Å². The molecule has 0 atom stereocenters. The van der Waals surface area contributed by atoms with Crippen LogP contribution in [0.2, 0.25) is 0 Å². The first kappa shape index (κ1) is 22.9. The summed E-state index contributed by atoms with van der Waals surface area (Å²) in [5.74, 6) is -0.150. The van der Waals surface area contributed by atoms with E-state index in [1.165, 1.54) is 11.4 Å². The molecule has 0 saturated carbocycles. The van der Waals surface area contributed by atoms with Gasteiger partial charge in [0.05, 0.1) is 11.4 Å². The second-order valence-electron chi connectivity index (χ2n) is 6.85. The highest BCUT2D eigenvalue weighted by Crippen LogP contribution is 2.31. The van der Waals surface area contributed by atoms with E-state index in [9.17, 15) is 13.2 Å². The van der Waals surface area contributed by atoms with Crippen molar-refractivity contribution in [1.29, 1.82) is 0 Å². The summed E-state index contributed by atoms with van der Waals surface area (Å²) in [4.78, 5) is 14.5. The zero-order valence-electron chi connectivity index (χ0n) is 16.5. The number of halogens is 1. The van der Waals surface area contributed by atoms with E-state index in [0.717, 1.165) is 40.9 Å². The number of nitrogens with zero attached hydrogens (tertiary/aromatic N) is 2. The lowest BCUT2D eigenvalue weighted by Gasteiger charge is -2.29. The topological polar surface area (TPSA) is 69.7 Å². The quantitative estimate of drug-likeness (QED) is 0.830. The summed E-state index contributed by atoms with van der Waals surface area (Å²) in [5.41, 5.74) is 4.63. The number of rotatable bonds is 4. The van der Waals surface area contributed by atoms with Crippen molar-refractivity contribution >= 4 is 28.3 Å². The number of amides is 1. The lowest BCUT2D eigenvalue weighted by Crippen LogP contribution is -2.49. The van der Waals surface area contributed by atoms with Gasteiger partial charge >= 0.3 is 0 Å². The highest BCUT2D eigenvalue weighted by atomic mass is 35.5. The molecule has 1 aromatic rings. The van der Waals surface area contributed by atoms with Crippen molar-refractivity contribution in [2.45, 2.75) is 39.5 Å². The van der Waals surface area contributed by atoms with Gasteiger partial charge in [0.15, 0.2) is 0 Å². The predicted molar refractivity (Wildman–Crippen MR) is 107 cm³/mol. The van der Waals surface area contributed by atoms with Crippen molar-refractivity contribution in [2.75, 3.05) is 39.8 Å². The van der Waals surface area contributed by atoms with Crippen LogP contribution in [0.1, 0.15) is 27.8 Å². The van der Waals surface area contributed by atoms with Crippen molar-refractivity contribution in [3.63, 3.8) is 0 Å². The lowest BCUT2D eigenvalue weighted by atomic mass is 9.95. The third kappa shape index (κ3) is 4.22. The highest BCUT2D eigenvalue weighted by molar-refractivity contribution is 7.89. The first-order valence-corrected chi connectivity index (χ1v) is 10.0. The molecule has 1 heterocycles. The maximum atomic E-state index is 13.2. The first-order chi connectivity index (χ1) is 11.6. The molecule has 0 radical (unpaired) electrons. The molecule has 1 aliphatic heterocycles. The fourth-order valence-corrected chi connectivity index (χ4v) is 4.97. The Bertz CT molecular complexity index is 758. The molecule has 1 N–H and O–H groups in total. The molecule has 1 fully saturated rings. The van der Waals surface area contributed by atoms with Crippen LogP contribution < -0.4 is 5.32 Å². The standard InChI is InChI=1S/C18H29N3O3S.ClH/c1-12-13(2)15(4)18(16(5)14(12)3)25(23,24)20(6)11-17(22)21-9-7-19-8-10-21;/h19H,7-11H2,1-6H3;1H. The minimum absolute atomic E-state index is 0. The molecule has 1 aromatic carbocycles. The van der Waals surface area contributed by atoms with Gasteiger partial charge in [0.1, 0.15) is 0 Å². The van der Waals surface area contributed by atoms with Gasteiger partial charge in [0, 0.05) is 33.2 Å². The van der Waals surface area contributed by atoms with Crippen LogP contribution in [-0.4, -0.2) is 63.3 Å². The number of sulfonamides is 1. The summed E-state index contributed by atoms with van der Waals surface area (Å²) in [5, 5.41) is 3.19. The van der Waals surface area contributed by atoms with Gasteiger partial charge in [0.25, 0.3) is 0 Å². The molecule has 2 rings (SSSR count). The van der Waals surface area contributed by atoms with Gasteiger partial charge in [-0.05, 0) is 62.4 Å². The Morgan fingerprint density at radius 2 is 1.38 bits per heavy atom. The summed E-state index contributed by atoms with van der Waals surface area (Å²) in [6.45, 7) is 12.2. The number of nitrogens with one attached hydrogen (secondary N) is 1. The van der Waals surface area contributed by atoms with Crippen LogP contribution in [0.3, 0.4) is 0 Å². The van der Waals surface area contributed by atoms with Gasteiger partial charge in [0.2, 0.25) is 15.9 Å². The molecule has 0 spiro atoms. The van der Waals surface area contributed by atoms with E-state index in [4.69, 9.17) is 0 Å². The third-order valence-electron chi connectivity index (χ3n) is 5.43. The molecule has 0 aliphatic carbocycles. The highest BCUT2D eigenvalue weighted by Gasteiger charge is 2.30. The van der Waals surface area contributed by atoms with Crippen molar-refractivity contribution in [3.05, 3.63) is 27.8 Å². The van der Waals surface area contributed by atoms with Crippen LogP contribution in [0.15, 0.2) is 4.90 Å². The van der Waals surface area contributed by atoms with Crippen LogP contribution in [0.5, 0.6) is 0 Å². The largest absolute Gasteiger partial charge is 0.339 e. The fourth-order valence-electron chi connectivity index (χ4n) is 3.30. The Morgan fingerprint density at radius 1 is 0.962 bits per heavy atom. The Hall–Kier alpha value is -1.15. The van der Waals surface area contributed by atoms with Gasteiger partial charge in [-0.25, -0.2) is 8.42 Å². The smallest absolute Gasteiger partial charge is 0.243 e. The molecule has 1 aliphatic rings. The molecule has 26 heavy (non-hydrogen) atoms. The average Bonchev–Trinajstić information content (AvgIpc) is 2.58. The van der Waals surface area contributed by atoms with E-state index < -0.39 is 10.0 Å². The van der Waals surface area contributed by atoms with Crippen LogP contribution in [0, 0.1) is 34.6 Å². The lowest BCUT2D eigenvalue weighted by molar-refractivity contribution is -0.131. The van der Waals surface area contributed by atoms with E-state index in [-0.39, 0.29) is 24.9 Å². The summed E-state index contributed by atoms with van der Waals surface area (Å²) in [6.07, 6.45) is 0. The number of carbonyl (C=O) groups excluding carboxylic acids is 1. The molecule has 1 saturated heterocycles. The molecule has 0 bridgehead atoms. The number of piperazine rings is 1. The van der Waals surface area contributed by atoms with Crippen molar-refractivity contribution in [1.82, 2.24) is 14.5 Å². The Balaban J connectivity index is 0.00000338. The Labute approximate surface area is 163 Å². The van der Waals surface area contributed by atoms with Gasteiger partial charge in [-0.3, -0.25) is 4.79 Å². The van der Waals surface area contributed by atoms with Crippen molar-refractivity contribution in [2.24, 2.45) is 0 Å². The maximum absolute atomic E-state index is 13.2. The van der Waals surface area contributed by atoms with E-state index in [1.807, 2.05) is 34.6 Å². The third-order valence-corrected chi connectivity index (χ3v) is 7.51. The number of carbonyl (C=O) groups is 1. The van der Waals surface area contributed by atoms with E-state index in [1.54, 1.807) is 4.90 Å². The SMILES string of the molecule is Cc1c(C)c(C)c(S(=O)(=O)N(C)CC(=O)N2CCNCC2)c(C)c1C.Cl. The van der Waals surface area contributed by atoms with Gasteiger partial charge in [-0.15, -0.1) is 12.4 Å². The second-order valence-corrected chi connectivity index (χ2v) is 8.83. The summed E-state index contributed by atoms with van der Waals surface area (Å²) < 4.78 is 27.5. The van der Waals surface area contributed by atoms with Gasteiger partial charge in [-0.2, -0.15) is 4.31 Å². The number of likely N-dealkylation sites (N-methyl/N-ethyl adjacent to an activating group) is 1. The summed E-state index contributed by atoms with van der Waals surface area (Å²) in [7, 11) is -2.24. The minimum Gasteiger partial charge on any atom is -0.339 e. The Kier molecular flexibility index (Phi) is 7.65. The van der Waals surface area contributed by atoms with E-state index in [2.05, 4.69) is 5.32 Å². The molecule has 0 aromatic heterocycles. The maximum Gasteiger partial charge on any atom is 0.243 e. The number of hydrogen-bond acceptors (Lipinski definition) is 4. The number of hydrogen-bond donors (Lipinski definition) is 1. The van der Waals surface area contributed by atoms with Gasteiger partial charge < -0.3 is 10.2 Å². The Morgan fingerprint density at radius 3 is 1.85 bits per heavy atom. The summed E-state index contributed by atoms with van der Waals surface area (Å²) >= 11 is 0. The molecule has 6 nitrogen and oxygen atoms in total. The fraction of sp³-hybridized carbons (Fsp3) is 0.611. The van der Waals surface area contributed by atoms with E-state index in [0.29, 0.717) is 18.0 Å². The molecule has 8 heteroatoms.